The van der Waals surface area contributed by atoms with E-state index in [1.165, 1.54) is 0 Å². The maximum atomic E-state index is 12.0. The Kier molecular flexibility index (Phi) is 4.56. The number of rotatable bonds is 5. The van der Waals surface area contributed by atoms with Crippen molar-refractivity contribution < 1.29 is 14.4 Å². The lowest BCUT2D eigenvalue weighted by atomic mass is 10.3. The van der Waals surface area contributed by atoms with Gasteiger partial charge in [-0.3, -0.25) is 4.79 Å². The number of amides is 1. The molecule has 0 saturated carbocycles. The van der Waals surface area contributed by atoms with Crippen LogP contribution in [0.2, 0.25) is 0 Å². The molecule has 1 aromatic rings. The quantitative estimate of drug-likeness (QED) is 0.349. The van der Waals surface area contributed by atoms with Crippen LogP contribution in [0.3, 0.4) is 0 Å². The van der Waals surface area contributed by atoms with Crippen LogP contribution < -0.4 is 5.73 Å². The van der Waals surface area contributed by atoms with Gasteiger partial charge in [0.15, 0.2) is 5.76 Å². The fourth-order valence-corrected chi connectivity index (χ4v) is 1.41. The van der Waals surface area contributed by atoms with Crippen LogP contribution in [0.1, 0.15) is 29.7 Å². The predicted octanol–water partition coefficient (Wildman–Crippen LogP) is 1.19. The number of carbonyl (C=O) groups is 1. The van der Waals surface area contributed by atoms with Crippen molar-refractivity contribution in [1.82, 2.24) is 4.90 Å². The summed E-state index contributed by atoms with van der Waals surface area (Å²) in [6.45, 7) is 4.58. The third-order valence-electron chi connectivity index (χ3n) is 2.39. The lowest BCUT2D eigenvalue weighted by molar-refractivity contribution is 0.0735. The van der Waals surface area contributed by atoms with Gasteiger partial charge in [0.05, 0.1) is 0 Å². The van der Waals surface area contributed by atoms with E-state index in [2.05, 4.69) is 5.16 Å². The van der Waals surface area contributed by atoms with Gasteiger partial charge in [0.25, 0.3) is 5.91 Å². The average Bonchev–Trinajstić information content (AvgIpc) is 2.76. The maximum absolute atomic E-state index is 12.0. The summed E-state index contributed by atoms with van der Waals surface area (Å²) in [5.41, 5.74) is 5.36. The molecule has 0 aliphatic rings. The van der Waals surface area contributed by atoms with Crippen LogP contribution in [0, 0.1) is 6.92 Å². The minimum absolute atomic E-state index is 0.104. The molecule has 17 heavy (non-hydrogen) atoms. The third kappa shape index (κ3) is 3.51. The number of hydrogen-bond donors (Lipinski definition) is 2. The highest BCUT2D eigenvalue weighted by Crippen LogP contribution is 2.10. The van der Waals surface area contributed by atoms with Gasteiger partial charge in [0.1, 0.15) is 11.6 Å². The van der Waals surface area contributed by atoms with Gasteiger partial charge in [-0.1, -0.05) is 5.16 Å². The van der Waals surface area contributed by atoms with Crippen molar-refractivity contribution in [2.45, 2.75) is 20.3 Å². The van der Waals surface area contributed by atoms with Crippen LogP contribution >= 0.6 is 0 Å². The SMILES string of the molecule is CCN(CC/C(N)=N/O)C(=O)c1ccc(C)o1. The number of aryl methyl sites for hydroxylation is 1. The monoisotopic (exact) mass is 239 g/mol. The molecule has 3 N–H and O–H groups in total. The number of oxime groups is 1. The molecule has 1 rings (SSSR count). The minimum atomic E-state index is -0.189. The Morgan fingerprint density at radius 3 is 2.76 bits per heavy atom. The Hall–Kier alpha value is -1.98. The standard InChI is InChI=1S/C11H17N3O3/c1-3-14(7-6-10(12)13-16)11(15)9-5-4-8(2)17-9/h4-5,16H,3,6-7H2,1-2H3,(H2,12,13). The first-order valence-electron chi connectivity index (χ1n) is 5.40. The van der Waals surface area contributed by atoms with Crippen LogP contribution in [0.15, 0.2) is 21.7 Å². The molecule has 0 atom stereocenters. The van der Waals surface area contributed by atoms with E-state index >= 15 is 0 Å². The van der Waals surface area contributed by atoms with Crippen LogP contribution in [-0.2, 0) is 0 Å². The summed E-state index contributed by atoms with van der Waals surface area (Å²) in [6.07, 6.45) is 0.329. The molecule has 0 fully saturated rings. The van der Waals surface area contributed by atoms with Gasteiger partial charge in [-0.15, -0.1) is 0 Å². The van der Waals surface area contributed by atoms with Gasteiger partial charge in [0.2, 0.25) is 0 Å². The Morgan fingerprint density at radius 2 is 2.29 bits per heavy atom. The fraction of sp³-hybridized carbons (Fsp3) is 0.455. The van der Waals surface area contributed by atoms with Crippen molar-refractivity contribution in [1.29, 1.82) is 0 Å². The zero-order chi connectivity index (χ0) is 12.8. The van der Waals surface area contributed by atoms with E-state index in [-0.39, 0.29) is 11.7 Å². The molecule has 6 heteroatoms. The molecule has 0 aromatic carbocycles. The molecule has 1 aromatic heterocycles. The average molecular weight is 239 g/mol. The van der Waals surface area contributed by atoms with Gasteiger partial charge >= 0.3 is 0 Å². The number of nitrogens with two attached hydrogens (primary N) is 1. The Morgan fingerprint density at radius 1 is 1.59 bits per heavy atom. The smallest absolute Gasteiger partial charge is 0.289 e. The normalized spacial score (nSPS) is 11.5. The van der Waals surface area contributed by atoms with E-state index < -0.39 is 0 Å². The zero-order valence-corrected chi connectivity index (χ0v) is 10.0. The summed E-state index contributed by atoms with van der Waals surface area (Å²) in [4.78, 5) is 13.6. The summed E-state index contributed by atoms with van der Waals surface area (Å²) in [5, 5.41) is 11.3. The van der Waals surface area contributed by atoms with Gasteiger partial charge < -0.3 is 20.3 Å². The van der Waals surface area contributed by atoms with Gasteiger partial charge in [-0.05, 0) is 26.0 Å². The number of nitrogens with zero attached hydrogens (tertiary/aromatic N) is 2. The van der Waals surface area contributed by atoms with Crippen LogP contribution in [0.5, 0.6) is 0 Å². The molecule has 0 saturated heterocycles. The number of hydrogen-bond acceptors (Lipinski definition) is 4. The van der Waals surface area contributed by atoms with Crippen molar-refractivity contribution in [3.8, 4) is 0 Å². The second-order valence-electron chi connectivity index (χ2n) is 3.64. The van der Waals surface area contributed by atoms with E-state index in [1.807, 2.05) is 6.92 Å². The molecule has 0 bridgehead atoms. The Bertz CT molecular complexity index is 412. The summed E-state index contributed by atoms with van der Waals surface area (Å²) in [5.74, 6) is 0.919. The first-order chi connectivity index (χ1) is 8.08. The topological polar surface area (TPSA) is 92.1 Å². The van der Waals surface area contributed by atoms with E-state index in [9.17, 15) is 4.79 Å². The third-order valence-corrected chi connectivity index (χ3v) is 2.39. The molecular formula is C11H17N3O3. The minimum Gasteiger partial charge on any atom is -0.456 e. The number of furan rings is 1. The van der Waals surface area contributed by atoms with E-state index in [0.29, 0.717) is 31.0 Å². The van der Waals surface area contributed by atoms with E-state index in [0.717, 1.165) is 0 Å². The molecule has 0 aliphatic carbocycles. The second-order valence-corrected chi connectivity index (χ2v) is 3.64. The second kappa shape index (κ2) is 5.93. The van der Waals surface area contributed by atoms with Gasteiger partial charge in [-0.2, -0.15) is 0 Å². The highest BCUT2D eigenvalue weighted by molar-refractivity contribution is 5.92. The van der Waals surface area contributed by atoms with E-state index in [4.69, 9.17) is 15.4 Å². The molecule has 0 radical (unpaired) electrons. The van der Waals surface area contributed by atoms with Gasteiger partial charge in [0, 0.05) is 19.5 Å². The van der Waals surface area contributed by atoms with Crippen molar-refractivity contribution in [2.75, 3.05) is 13.1 Å². The largest absolute Gasteiger partial charge is 0.456 e. The molecule has 0 unspecified atom stereocenters. The maximum Gasteiger partial charge on any atom is 0.289 e. The first kappa shape index (κ1) is 13.1. The molecule has 1 amide bonds. The first-order valence-corrected chi connectivity index (χ1v) is 5.40. The van der Waals surface area contributed by atoms with Crippen molar-refractivity contribution in [3.05, 3.63) is 23.7 Å². The number of amidine groups is 1. The molecular weight excluding hydrogens is 222 g/mol. The Labute approximate surface area is 99.7 Å². The van der Waals surface area contributed by atoms with Crippen LogP contribution in [-0.4, -0.2) is 34.9 Å². The molecule has 6 nitrogen and oxygen atoms in total. The summed E-state index contributed by atoms with van der Waals surface area (Å²) < 4.78 is 5.26. The fourth-order valence-electron chi connectivity index (χ4n) is 1.41. The van der Waals surface area contributed by atoms with Crippen LogP contribution in [0.25, 0.3) is 0 Å². The van der Waals surface area contributed by atoms with Crippen LogP contribution in [0.4, 0.5) is 0 Å². The highest BCUT2D eigenvalue weighted by atomic mass is 16.4. The predicted molar refractivity (Wildman–Crippen MR) is 63.0 cm³/mol. The van der Waals surface area contributed by atoms with Crippen molar-refractivity contribution >= 4 is 11.7 Å². The number of carbonyl (C=O) groups excluding carboxylic acids is 1. The lowest BCUT2D eigenvalue weighted by Crippen LogP contribution is -2.33. The van der Waals surface area contributed by atoms with E-state index in [1.54, 1.807) is 24.0 Å². The van der Waals surface area contributed by atoms with Crippen molar-refractivity contribution in [2.24, 2.45) is 10.9 Å². The molecule has 0 spiro atoms. The lowest BCUT2D eigenvalue weighted by Gasteiger charge is -2.19. The molecule has 94 valence electrons. The summed E-state index contributed by atoms with van der Waals surface area (Å²) in [6, 6.07) is 3.38. The molecule has 0 aliphatic heterocycles. The highest BCUT2D eigenvalue weighted by Gasteiger charge is 2.17. The summed E-state index contributed by atoms with van der Waals surface area (Å²) in [7, 11) is 0. The van der Waals surface area contributed by atoms with Crippen molar-refractivity contribution in [3.63, 3.8) is 0 Å². The van der Waals surface area contributed by atoms with Gasteiger partial charge in [-0.25, -0.2) is 0 Å². The Balaban J connectivity index is 2.64. The summed E-state index contributed by atoms with van der Waals surface area (Å²) >= 11 is 0. The molecule has 1 heterocycles. The zero-order valence-electron chi connectivity index (χ0n) is 10.0.